The highest BCUT2D eigenvalue weighted by atomic mass is 79.9. The van der Waals surface area contributed by atoms with Crippen molar-refractivity contribution in [2.24, 2.45) is 0 Å². The smallest absolute Gasteiger partial charge is 0.162 e. The van der Waals surface area contributed by atoms with Crippen LogP contribution in [0.2, 0.25) is 5.02 Å². The highest BCUT2D eigenvalue weighted by Crippen LogP contribution is 2.40. The molecule has 2 aromatic rings. The molecule has 2 rings (SSSR count). The number of thiophene rings is 1. The Kier molecular flexibility index (Phi) is 5.93. The molecule has 3 nitrogen and oxygen atoms in total. The summed E-state index contributed by atoms with van der Waals surface area (Å²) in [6.07, 6.45) is -0.788. The normalized spacial score (nSPS) is 12.2. The molecule has 1 atom stereocenters. The van der Waals surface area contributed by atoms with Gasteiger partial charge in [0.2, 0.25) is 0 Å². The van der Waals surface area contributed by atoms with E-state index in [-0.39, 0.29) is 0 Å². The minimum Gasteiger partial charge on any atom is -0.490 e. The van der Waals surface area contributed by atoms with Crippen molar-refractivity contribution >= 4 is 38.9 Å². The Balaban J connectivity index is 2.40. The first kappa shape index (κ1) is 16.6. The molecule has 1 N–H and O–H groups in total. The van der Waals surface area contributed by atoms with Crippen LogP contribution in [0, 0.1) is 0 Å². The zero-order chi connectivity index (χ0) is 15.4. The molecule has 1 aromatic carbocycles. The van der Waals surface area contributed by atoms with E-state index in [0.717, 1.165) is 8.66 Å². The van der Waals surface area contributed by atoms with Gasteiger partial charge in [-0.3, -0.25) is 0 Å². The Morgan fingerprint density at radius 2 is 1.81 bits per heavy atom. The van der Waals surface area contributed by atoms with Gasteiger partial charge in [-0.2, -0.15) is 0 Å². The predicted molar refractivity (Wildman–Crippen MR) is 89.9 cm³/mol. The zero-order valence-corrected chi connectivity index (χ0v) is 14.9. The van der Waals surface area contributed by atoms with Crippen molar-refractivity contribution in [1.82, 2.24) is 0 Å². The average molecular weight is 392 g/mol. The second kappa shape index (κ2) is 7.49. The van der Waals surface area contributed by atoms with E-state index in [9.17, 15) is 5.11 Å². The van der Waals surface area contributed by atoms with Crippen LogP contribution in [0.4, 0.5) is 0 Å². The van der Waals surface area contributed by atoms with Crippen LogP contribution in [0.5, 0.6) is 11.5 Å². The summed E-state index contributed by atoms with van der Waals surface area (Å²) in [5, 5.41) is 11.0. The summed E-state index contributed by atoms with van der Waals surface area (Å²) in [7, 11) is 0. The van der Waals surface area contributed by atoms with Crippen molar-refractivity contribution < 1.29 is 14.6 Å². The Bertz CT molecular complexity index is 615. The number of aliphatic hydroxyl groups excluding tert-OH is 1. The fourth-order valence-electron chi connectivity index (χ4n) is 1.93. The first-order valence-electron chi connectivity index (χ1n) is 6.59. The Morgan fingerprint density at radius 1 is 1.19 bits per heavy atom. The topological polar surface area (TPSA) is 38.7 Å². The molecule has 1 aromatic heterocycles. The van der Waals surface area contributed by atoms with Gasteiger partial charge in [-0.15, -0.1) is 11.3 Å². The largest absolute Gasteiger partial charge is 0.490 e. The first-order chi connectivity index (χ1) is 10.1. The van der Waals surface area contributed by atoms with Crippen LogP contribution in [0.25, 0.3) is 0 Å². The quantitative estimate of drug-likeness (QED) is 0.749. The molecule has 1 heterocycles. The predicted octanol–water partition coefficient (Wildman–Crippen LogP) is 5.04. The van der Waals surface area contributed by atoms with Gasteiger partial charge in [0.25, 0.3) is 0 Å². The van der Waals surface area contributed by atoms with Crippen LogP contribution in [0.15, 0.2) is 28.1 Å². The molecular weight excluding hydrogens is 376 g/mol. The second-order valence-corrected chi connectivity index (χ2v) is 7.13. The molecule has 6 heteroatoms. The third-order valence-corrected chi connectivity index (χ3v) is 4.82. The van der Waals surface area contributed by atoms with Crippen molar-refractivity contribution in [3.63, 3.8) is 0 Å². The number of halogens is 2. The Labute approximate surface area is 141 Å². The van der Waals surface area contributed by atoms with Crippen LogP contribution < -0.4 is 9.47 Å². The molecule has 0 aliphatic rings. The number of hydrogen-bond acceptors (Lipinski definition) is 4. The van der Waals surface area contributed by atoms with Crippen molar-refractivity contribution in [1.29, 1.82) is 0 Å². The van der Waals surface area contributed by atoms with Gasteiger partial charge < -0.3 is 14.6 Å². The summed E-state index contributed by atoms with van der Waals surface area (Å²) in [5.74, 6) is 1.18. The summed E-state index contributed by atoms with van der Waals surface area (Å²) in [4.78, 5) is 0.815. The number of benzene rings is 1. The van der Waals surface area contributed by atoms with Gasteiger partial charge in [0.05, 0.1) is 22.0 Å². The average Bonchev–Trinajstić information content (AvgIpc) is 2.88. The van der Waals surface area contributed by atoms with Crippen molar-refractivity contribution in [3.05, 3.63) is 43.5 Å². The number of ether oxygens (including phenoxy) is 2. The van der Waals surface area contributed by atoms with E-state index in [1.54, 1.807) is 12.1 Å². The van der Waals surface area contributed by atoms with Gasteiger partial charge in [0.15, 0.2) is 11.5 Å². The van der Waals surface area contributed by atoms with E-state index in [2.05, 4.69) is 15.9 Å². The standard InChI is InChI=1S/C15H16BrClO3S/c1-3-19-11-7-9(10(17)8-12(11)20-4-2)15(18)13-5-6-14(16)21-13/h5-8,15,18H,3-4H2,1-2H3. The first-order valence-corrected chi connectivity index (χ1v) is 8.57. The molecule has 0 aliphatic carbocycles. The lowest BCUT2D eigenvalue weighted by atomic mass is 10.1. The minimum absolute atomic E-state index is 0.457. The van der Waals surface area contributed by atoms with Crippen molar-refractivity contribution in [2.45, 2.75) is 20.0 Å². The molecule has 0 radical (unpaired) electrons. The van der Waals surface area contributed by atoms with Gasteiger partial charge in [0.1, 0.15) is 6.10 Å². The lowest BCUT2D eigenvalue weighted by Gasteiger charge is -2.16. The van der Waals surface area contributed by atoms with Gasteiger partial charge in [-0.25, -0.2) is 0 Å². The van der Waals surface area contributed by atoms with E-state index >= 15 is 0 Å². The maximum absolute atomic E-state index is 10.5. The lowest BCUT2D eigenvalue weighted by Crippen LogP contribution is -2.03. The Hall–Kier alpha value is -0.750. The third-order valence-electron chi connectivity index (χ3n) is 2.82. The van der Waals surface area contributed by atoms with Crippen LogP contribution >= 0.6 is 38.9 Å². The fourth-order valence-corrected chi connectivity index (χ4v) is 3.61. The van der Waals surface area contributed by atoms with Crippen LogP contribution in [-0.2, 0) is 0 Å². The molecule has 0 saturated heterocycles. The molecule has 0 bridgehead atoms. The summed E-state index contributed by atoms with van der Waals surface area (Å²) in [6.45, 7) is 4.84. The Morgan fingerprint density at radius 3 is 2.33 bits per heavy atom. The molecule has 0 spiro atoms. The number of hydrogen-bond donors (Lipinski definition) is 1. The maximum atomic E-state index is 10.5. The van der Waals surface area contributed by atoms with Crippen molar-refractivity contribution in [2.75, 3.05) is 13.2 Å². The molecule has 1 unspecified atom stereocenters. The zero-order valence-electron chi connectivity index (χ0n) is 11.7. The molecule has 0 aliphatic heterocycles. The maximum Gasteiger partial charge on any atom is 0.162 e. The number of rotatable bonds is 6. The summed E-state index contributed by atoms with van der Waals surface area (Å²) in [5.41, 5.74) is 0.609. The van der Waals surface area contributed by atoms with Gasteiger partial charge in [0, 0.05) is 16.5 Å². The summed E-state index contributed by atoms with van der Waals surface area (Å²) >= 11 is 11.1. The van der Waals surface area contributed by atoms with E-state index in [4.69, 9.17) is 21.1 Å². The lowest BCUT2D eigenvalue weighted by molar-refractivity contribution is 0.222. The van der Waals surface area contributed by atoms with Gasteiger partial charge >= 0.3 is 0 Å². The molecule has 0 fully saturated rings. The minimum atomic E-state index is -0.788. The highest BCUT2D eigenvalue weighted by molar-refractivity contribution is 9.11. The highest BCUT2D eigenvalue weighted by Gasteiger charge is 2.19. The van der Waals surface area contributed by atoms with Crippen LogP contribution in [0.1, 0.15) is 30.4 Å². The monoisotopic (exact) mass is 390 g/mol. The molecule has 21 heavy (non-hydrogen) atoms. The van der Waals surface area contributed by atoms with Crippen molar-refractivity contribution in [3.8, 4) is 11.5 Å². The molecule has 0 amide bonds. The SMILES string of the molecule is CCOc1cc(Cl)c(C(O)c2ccc(Br)s2)cc1OCC. The van der Waals surface area contributed by atoms with E-state index in [1.807, 2.05) is 26.0 Å². The van der Waals surface area contributed by atoms with Gasteiger partial charge in [-0.05, 0) is 48.0 Å². The molecule has 0 saturated carbocycles. The van der Waals surface area contributed by atoms with E-state index in [0.29, 0.717) is 35.3 Å². The molecular formula is C15H16BrClO3S. The van der Waals surface area contributed by atoms with E-state index < -0.39 is 6.10 Å². The number of aliphatic hydroxyl groups is 1. The summed E-state index contributed by atoms with van der Waals surface area (Å²) < 4.78 is 12.1. The van der Waals surface area contributed by atoms with Gasteiger partial charge in [-0.1, -0.05) is 11.6 Å². The summed E-state index contributed by atoms with van der Waals surface area (Å²) in [6, 6.07) is 7.20. The third kappa shape index (κ3) is 3.92. The molecule has 114 valence electrons. The van der Waals surface area contributed by atoms with Crippen LogP contribution in [-0.4, -0.2) is 18.3 Å². The fraction of sp³-hybridized carbons (Fsp3) is 0.333. The second-order valence-electron chi connectivity index (χ2n) is 4.23. The van der Waals surface area contributed by atoms with E-state index in [1.165, 1.54) is 11.3 Å². The van der Waals surface area contributed by atoms with Crippen LogP contribution in [0.3, 0.4) is 0 Å².